The van der Waals surface area contributed by atoms with Crippen LogP contribution >= 0.6 is 35.5 Å². The van der Waals surface area contributed by atoms with Crippen molar-refractivity contribution in [2.75, 3.05) is 0 Å². The molecule has 0 aliphatic carbocycles. The zero-order chi connectivity index (χ0) is 5.28. The van der Waals surface area contributed by atoms with E-state index in [1.54, 1.807) is 6.33 Å². The Morgan fingerprint density at radius 1 is 1.86 bits per heavy atom. The normalized spacial score (nSPS) is 9.43. The number of thiol groups is 1. The van der Waals surface area contributed by atoms with Crippen molar-refractivity contribution in [3.8, 4) is 0 Å². The fraction of sp³-hybridized carbons (Fsp3) is 0. The molecule has 0 saturated heterocycles. The van der Waals surface area contributed by atoms with Gasteiger partial charge in [-0.15, -0.1) is 12.6 Å². The Hall–Kier alpha value is 0.290. The molecule has 4 heteroatoms. The van der Waals surface area contributed by atoms with Crippen LogP contribution in [0.25, 0.3) is 0 Å². The first kappa shape index (κ1) is 5.43. The Balaban J connectivity index is 3.04. The van der Waals surface area contributed by atoms with Gasteiger partial charge in [0, 0.05) is 6.20 Å². The average Bonchev–Trinajstić information content (AvgIpc) is 1.87. The summed E-state index contributed by atoms with van der Waals surface area (Å²) in [5, 5.41) is 0.759. The van der Waals surface area contributed by atoms with E-state index in [2.05, 4.69) is 40.5 Å². The molecule has 0 N–H and O–H groups in total. The Morgan fingerprint density at radius 2 is 2.57 bits per heavy atom. The lowest BCUT2D eigenvalue weighted by atomic mass is 11.0. The summed E-state index contributed by atoms with van der Waals surface area (Å²) in [7, 11) is 0. The summed E-state index contributed by atoms with van der Waals surface area (Å²) in [4.78, 5) is 3.84. The number of hydrogen-bond donors (Lipinski definition) is 1. The smallest absolute Gasteiger partial charge is 0.112 e. The first-order valence-electron chi connectivity index (χ1n) is 1.68. The van der Waals surface area contributed by atoms with Gasteiger partial charge in [0.2, 0.25) is 0 Å². The Morgan fingerprint density at radius 3 is 2.71 bits per heavy atom. The lowest BCUT2D eigenvalue weighted by molar-refractivity contribution is 1.21. The monoisotopic (exact) mass is 226 g/mol. The summed E-state index contributed by atoms with van der Waals surface area (Å²) in [5.41, 5.74) is 0. The van der Waals surface area contributed by atoms with Gasteiger partial charge in [-0.25, -0.2) is 4.98 Å². The number of imidazole rings is 1. The third-order valence-electron chi connectivity index (χ3n) is 0.539. The van der Waals surface area contributed by atoms with E-state index in [9.17, 15) is 0 Å². The number of nitrogens with zero attached hydrogens (tertiary/aromatic N) is 2. The summed E-state index contributed by atoms with van der Waals surface area (Å²) < 4.78 is 1.82. The van der Waals surface area contributed by atoms with Crippen LogP contribution in [0, 0.1) is 0 Å². The third-order valence-corrected chi connectivity index (χ3v) is 1.30. The van der Waals surface area contributed by atoms with Crippen LogP contribution < -0.4 is 0 Å². The van der Waals surface area contributed by atoms with E-state index >= 15 is 0 Å². The molecular formula is C3H3IN2S. The highest BCUT2D eigenvalue weighted by molar-refractivity contribution is 14.1. The zero-order valence-corrected chi connectivity index (χ0v) is 6.43. The van der Waals surface area contributed by atoms with Crippen molar-refractivity contribution in [3.63, 3.8) is 0 Å². The second-order valence-electron chi connectivity index (χ2n) is 1.08. The fourth-order valence-electron chi connectivity index (χ4n) is 0.291. The number of rotatable bonds is 0. The summed E-state index contributed by atoms with van der Waals surface area (Å²) in [6.45, 7) is 0. The Bertz CT molecular complexity index is 145. The molecule has 1 heterocycles. The van der Waals surface area contributed by atoms with Gasteiger partial charge in [0.1, 0.15) is 11.4 Å². The van der Waals surface area contributed by atoms with E-state index in [1.165, 1.54) is 0 Å². The van der Waals surface area contributed by atoms with E-state index in [1.807, 2.05) is 8.98 Å². The second kappa shape index (κ2) is 2.04. The van der Waals surface area contributed by atoms with Crippen LogP contribution in [-0.4, -0.2) is 7.76 Å². The lowest BCUT2D eigenvalue weighted by Crippen LogP contribution is -1.63. The van der Waals surface area contributed by atoms with Crippen LogP contribution in [0.1, 0.15) is 0 Å². The highest BCUT2D eigenvalue weighted by Crippen LogP contribution is 2.01. The average molecular weight is 226 g/mol. The summed E-state index contributed by atoms with van der Waals surface area (Å²) >= 11 is 6.07. The van der Waals surface area contributed by atoms with Crippen molar-refractivity contribution >= 4 is 35.5 Å². The predicted molar refractivity (Wildman–Crippen MR) is 38.9 cm³/mol. The largest absolute Gasteiger partial charge is 0.277 e. The maximum Gasteiger partial charge on any atom is 0.112 e. The Labute approximate surface area is 60.8 Å². The molecule has 0 amide bonds. The minimum absolute atomic E-state index is 0.759. The van der Waals surface area contributed by atoms with E-state index in [0.29, 0.717) is 0 Å². The van der Waals surface area contributed by atoms with Crippen LogP contribution in [0.5, 0.6) is 0 Å². The number of aromatic nitrogens is 2. The lowest BCUT2D eigenvalue weighted by Gasteiger charge is -1.73. The first-order valence-corrected chi connectivity index (χ1v) is 3.09. The van der Waals surface area contributed by atoms with Gasteiger partial charge in [0.25, 0.3) is 0 Å². The van der Waals surface area contributed by atoms with Gasteiger partial charge in [-0.3, -0.25) is 2.78 Å². The van der Waals surface area contributed by atoms with Crippen LogP contribution in [0.2, 0.25) is 0 Å². The molecule has 2 nitrogen and oxygen atoms in total. The van der Waals surface area contributed by atoms with Gasteiger partial charge in [-0.1, -0.05) is 0 Å². The molecule has 7 heavy (non-hydrogen) atoms. The molecule has 0 bridgehead atoms. The minimum atomic E-state index is 0.759. The fourth-order valence-corrected chi connectivity index (χ4v) is 1.08. The predicted octanol–water partition coefficient (Wildman–Crippen LogP) is 1.37. The molecule has 0 radical (unpaired) electrons. The molecule has 0 aliphatic rings. The maximum atomic E-state index is 3.97. The van der Waals surface area contributed by atoms with Crippen molar-refractivity contribution < 1.29 is 0 Å². The van der Waals surface area contributed by atoms with Crippen molar-refractivity contribution in [2.45, 2.75) is 5.03 Å². The van der Waals surface area contributed by atoms with Gasteiger partial charge in [0.15, 0.2) is 0 Å². The highest BCUT2D eigenvalue weighted by atomic mass is 127. The second-order valence-corrected chi connectivity index (χ2v) is 2.65. The van der Waals surface area contributed by atoms with Crippen molar-refractivity contribution in [2.24, 2.45) is 0 Å². The Kier molecular flexibility index (Phi) is 1.58. The molecule has 0 aromatic carbocycles. The first-order chi connectivity index (χ1) is 3.29. The topological polar surface area (TPSA) is 17.8 Å². The molecule has 38 valence electrons. The van der Waals surface area contributed by atoms with Crippen molar-refractivity contribution in [1.82, 2.24) is 7.76 Å². The van der Waals surface area contributed by atoms with Crippen LogP contribution in [0.15, 0.2) is 17.6 Å². The summed E-state index contributed by atoms with van der Waals surface area (Å²) in [6.07, 6.45) is 3.52. The SMILES string of the molecule is Sc1cn(I)cn1. The molecule has 0 spiro atoms. The molecule has 0 aliphatic heterocycles. The maximum absolute atomic E-state index is 3.97. The zero-order valence-electron chi connectivity index (χ0n) is 3.37. The van der Waals surface area contributed by atoms with Gasteiger partial charge in [0.05, 0.1) is 22.9 Å². The molecule has 0 unspecified atom stereocenters. The standard InChI is InChI=1S/C3H3IN2S/c4-6-1-3(7)5-2-6/h1-2,7H. The molecule has 1 aromatic rings. The molecule has 1 rings (SSSR count). The third kappa shape index (κ3) is 1.34. The van der Waals surface area contributed by atoms with Gasteiger partial charge in [-0.05, 0) is 0 Å². The van der Waals surface area contributed by atoms with Crippen LogP contribution in [0.4, 0.5) is 0 Å². The summed E-state index contributed by atoms with van der Waals surface area (Å²) in [6, 6.07) is 0. The highest BCUT2D eigenvalue weighted by Gasteiger charge is 1.84. The van der Waals surface area contributed by atoms with Crippen molar-refractivity contribution in [1.29, 1.82) is 0 Å². The molecule has 0 saturated carbocycles. The van der Waals surface area contributed by atoms with E-state index < -0.39 is 0 Å². The summed E-state index contributed by atoms with van der Waals surface area (Å²) in [5.74, 6) is 0. The number of hydrogen-bond acceptors (Lipinski definition) is 2. The van der Waals surface area contributed by atoms with E-state index in [-0.39, 0.29) is 0 Å². The van der Waals surface area contributed by atoms with Crippen LogP contribution in [-0.2, 0) is 0 Å². The quantitative estimate of drug-likeness (QED) is 0.522. The van der Waals surface area contributed by atoms with E-state index in [0.717, 1.165) is 5.03 Å². The van der Waals surface area contributed by atoms with E-state index in [4.69, 9.17) is 0 Å². The molecular weight excluding hydrogens is 223 g/mol. The van der Waals surface area contributed by atoms with Crippen molar-refractivity contribution in [3.05, 3.63) is 12.5 Å². The molecule has 0 atom stereocenters. The minimum Gasteiger partial charge on any atom is -0.277 e. The van der Waals surface area contributed by atoms with Gasteiger partial charge < -0.3 is 0 Å². The molecule has 0 fully saturated rings. The molecule has 1 aromatic heterocycles. The van der Waals surface area contributed by atoms with Gasteiger partial charge in [-0.2, -0.15) is 0 Å². The van der Waals surface area contributed by atoms with Crippen LogP contribution in [0.3, 0.4) is 0 Å². The number of halogens is 1. The van der Waals surface area contributed by atoms with Gasteiger partial charge >= 0.3 is 0 Å².